The highest BCUT2D eigenvalue weighted by atomic mass is 32.1. The number of aliphatic hydroxyl groups is 1. The zero-order valence-electron chi connectivity index (χ0n) is 32.7. The van der Waals surface area contributed by atoms with Gasteiger partial charge in [-0.25, -0.2) is 4.98 Å². The van der Waals surface area contributed by atoms with Crippen molar-refractivity contribution in [3.63, 3.8) is 0 Å². The van der Waals surface area contributed by atoms with Gasteiger partial charge in [-0.2, -0.15) is 0 Å². The first kappa shape index (κ1) is 43.5. The molecule has 5 aromatic rings. The minimum Gasteiger partial charge on any atom is -0.497 e. The maximum Gasteiger partial charge on any atom is 0.363 e. The molecule has 1 aliphatic heterocycles. The van der Waals surface area contributed by atoms with Crippen LogP contribution in [0.15, 0.2) is 121 Å². The molecule has 1 aromatic heterocycles. The van der Waals surface area contributed by atoms with Gasteiger partial charge in [0.15, 0.2) is 12.3 Å². The summed E-state index contributed by atoms with van der Waals surface area (Å²) in [5.74, 6) is 1.57. The Kier molecular flexibility index (Phi) is 14.7. The largest absolute Gasteiger partial charge is 0.497 e. The van der Waals surface area contributed by atoms with Crippen molar-refractivity contribution in [3.8, 4) is 17.2 Å². The van der Waals surface area contributed by atoms with Crippen LogP contribution in [0.2, 0.25) is 0 Å². The number of benzene rings is 4. The van der Waals surface area contributed by atoms with E-state index in [1.54, 1.807) is 68.8 Å². The fourth-order valence-electron chi connectivity index (χ4n) is 6.82. The average molecular weight is 819 g/mol. The average Bonchev–Trinajstić information content (AvgIpc) is 3.51. The van der Waals surface area contributed by atoms with E-state index in [-0.39, 0.29) is 16.3 Å². The third-order valence-corrected chi connectivity index (χ3v) is 11.8. The van der Waals surface area contributed by atoms with Gasteiger partial charge in [-0.05, 0) is 91.0 Å². The number of para-hydroxylation sites is 1. The van der Waals surface area contributed by atoms with Crippen LogP contribution in [-0.2, 0) is 19.6 Å². The summed E-state index contributed by atoms with van der Waals surface area (Å²) in [6.07, 6.45) is -3.26. The molecule has 0 spiro atoms. The number of rotatable bonds is 15. The molecule has 0 amide bonds. The Morgan fingerprint density at radius 1 is 0.807 bits per heavy atom. The van der Waals surface area contributed by atoms with Crippen molar-refractivity contribution in [2.24, 2.45) is 0 Å². The zero-order chi connectivity index (χ0) is 41.2. The molecule has 0 radical (unpaired) electrons. The molecule has 5 N–H and O–H groups in total. The lowest BCUT2D eigenvalue weighted by Crippen LogP contribution is -2.52. The summed E-state index contributed by atoms with van der Waals surface area (Å²) in [7, 11) is -2.35. The number of aromatic nitrogens is 2. The minimum atomic E-state index is -5.48. The first-order valence-corrected chi connectivity index (χ1v) is 20.6. The van der Waals surface area contributed by atoms with Crippen molar-refractivity contribution in [1.29, 1.82) is 0 Å². The van der Waals surface area contributed by atoms with Gasteiger partial charge in [0.2, 0.25) is 10.1 Å². The number of anilines is 1. The molecule has 57 heavy (non-hydrogen) atoms. The number of ether oxygens (including phenoxy) is 5. The molecule has 0 saturated carbocycles. The van der Waals surface area contributed by atoms with Crippen molar-refractivity contribution < 1.29 is 43.1 Å². The summed E-state index contributed by atoms with van der Waals surface area (Å²) in [5.41, 5.74) is 6.47. The molecule has 4 aromatic carbocycles. The fourth-order valence-corrected chi connectivity index (χ4v) is 8.11. The first-order valence-electron chi connectivity index (χ1n) is 18.6. The summed E-state index contributed by atoms with van der Waals surface area (Å²) in [6.45, 7) is 9.59. The third kappa shape index (κ3) is 9.41. The minimum absolute atomic E-state index is 0.0543. The summed E-state index contributed by atoms with van der Waals surface area (Å²) < 4.78 is 45.0. The lowest BCUT2D eigenvalue weighted by molar-refractivity contribution is -0.105. The summed E-state index contributed by atoms with van der Waals surface area (Å²) in [4.78, 5) is 28.3. The Morgan fingerprint density at radius 3 is 1.74 bits per heavy atom. The van der Waals surface area contributed by atoms with Gasteiger partial charge in [-0.15, -0.1) is 0 Å². The van der Waals surface area contributed by atoms with E-state index in [1.165, 1.54) is 36.5 Å². The topological polar surface area (TPSA) is 171 Å². The van der Waals surface area contributed by atoms with E-state index in [0.717, 1.165) is 0 Å². The van der Waals surface area contributed by atoms with Crippen LogP contribution in [0.1, 0.15) is 43.7 Å². The second-order valence-corrected chi connectivity index (χ2v) is 15.3. The number of nitrogens with two attached hydrogens (primary N) is 1. The number of hydrogen-bond donors (Lipinski definition) is 4. The predicted molar refractivity (Wildman–Crippen MR) is 221 cm³/mol. The molecule has 2 unspecified atom stereocenters. The van der Waals surface area contributed by atoms with Gasteiger partial charge in [0.25, 0.3) is 0 Å². The van der Waals surface area contributed by atoms with Crippen molar-refractivity contribution in [2.75, 3.05) is 46.2 Å². The van der Waals surface area contributed by atoms with Crippen LogP contribution in [0.5, 0.6) is 17.2 Å². The Bertz CT molecular complexity index is 2070. The van der Waals surface area contributed by atoms with Crippen molar-refractivity contribution in [1.82, 2.24) is 14.5 Å². The van der Waals surface area contributed by atoms with Gasteiger partial charge in [-0.1, -0.05) is 93.6 Å². The monoisotopic (exact) mass is 818 g/mol. The molecule has 2 heterocycles. The molecular weight excluding hydrogens is 768 g/mol. The molecule has 4 atom stereocenters. The van der Waals surface area contributed by atoms with Crippen LogP contribution in [-0.4, -0.2) is 87.4 Å². The van der Waals surface area contributed by atoms with E-state index in [4.69, 9.17) is 41.6 Å². The Balaban J connectivity index is 0.000000811. The van der Waals surface area contributed by atoms with Crippen molar-refractivity contribution >= 4 is 25.6 Å². The van der Waals surface area contributed by atoms with E-state index in [9.17, 15) is 19.5 Å². The highest BCUT2D eigenvalue weighted by molar-refractivity contribution is 7.71. The van der Waals surface area contributed by atoms with Crippen LogP contribution >= 0.6 is 19.8 Å². The van der Waals surface area contributed by atoms with Crippen LogP contribution in [0.4, 0.5) is 5.82 Å². The summed E-state index contributed by atoms with van der Waals surface area (Å²) in [6, 6.07) is 33.6. The Hall–Kier alpha value is -4.63. The SMILES string of the molecule is CCN(CC)CC.COc1ccc(C(OC[C@H]2O[C@@H](n3ccc(N)nc3=S)C(Oc3ccccc3)C2(O)P(=O)(O)O)(c2ccccc2)c2ccc(OC)cc2)cc1. The van der Waals surface area contributed by atoms with Gasteiger partial charge < -0.3 is 49.2 Å². The molecule has 1 saturated heterocycles. The van der Waals surface area contributed by atoms with Gasteiger partial charge in [0, 0.05) is 6.20 Å². The highest BCUT2D eigenvalue weighted by Crippen LogP contribution is 2.60. The van der Waals surface area contributed by atoms with E-state index >= 15 is 0 Å². The number of methoxy groups -OCH3 is 2. The van der Waals surface area contributed by atoms with Crippen molar-refractivity contribution in [2.45, 2.75) is 50.2 Å². The van der Waals surface area contributed by atoms with E-state index in [0.29, 0.717) is 28.2 Å². The Labute approximate surface area is 338 Å². The number of nitrogens with zero attached hydrogens (tertiary/aromatic N) is 3. The number of hydrogen-bond acceptors (Lipinski definition) is 11. The highest BCUT2D eigenvalue weighted by Gasteiger charge is 2.68. The summed E-state index contributed by atoms with van der Waals surface area (Å²) in [5, 5.41) is 9.37. The van der Waals surface area contributed by atoms with Crippen molar-refractivity contribution in [3.05, 3.63) is 143 Å². The predicted octanol–water partition coefficient (Wildman–Crippen LogP) is 6.78. The van der Waals surface area contributed by atoms with Crippen LogP contribution in [0.3, 0.4) is 0 Å². The molecule has 0 bridgehead atoms. The van der Waals surface area contributed by atoms with E-state index in [2.05, 4.69) is 30.7 Å². The van der Waals surface area contributed by atoms with Crippen LogP contribution in [0.25, 0.3) is 0 Å². The van der Waals surface area contributed by atoms with Gasteiger partial charge in [0.1, 0.15) is 34.8 Å². The second-order valence-electron chi connectivity index (χ2n) is 13.2. The van der Waals surface area contributed by atoms with Crippen LogP contribution < -0.4 is 19.9 Å². The molecular formula is C42H51N4O9PS. The maximum atomic E-state index is 13.5. The molecule has 304 valence electrons. The normalized spacial score (nSPS) is 19.4. The lowest BCUT2D eigenvalue weighted by Gasteiger charge is -2.39. The fraction of sp³-hybridized carbons (Fsp3) is 0.333. The Morgan fingerprint density at radius 2 is 1.30 bits per heavy atom. The lowest BCUT2D eigenvalue weighted by atomic mass is 9.80. The van der Waals surface area contributed by atoms with Gasteiger partial charge in [-0.3, -0.25) is 9.13 Å². The van der Waals surface area contributed by atoms with Gasteiger partial charge in [0.05, 0.1) is 20.8 Å². The third-order valence-electron chi connectivity index (χ3n) is 10.0. The summed E-state index contributed by atoms with van der Waals surface area (Å²) >= 11 is 5.47. The standard InChI is InChI=1S/C36H36N3O9PS.C6H15N/c1-44-27-17-13-25(14-18-27)35(24-9-5-3-6-10-24,26-15-19-28(45-2)20-16-26)46-23-30-36(40,49(41,42)43)32(47-29-11-7-4-8-12-29)33(48-30)39-22-21-31(37)38-34(39)50;1-4-7(5-2)6-3/h3-22,30,32-33,40H,23H2,1-2H3,(H2,37,38,50)(H2,41,42,43);4-6H2,1-3H3/t30-,32?,33-,36?;/m1./s1. The molecule has 1 aliphatic rings. The molecule has 6 rings (SSSR count). The molecule has 15 heteroatoms. The van der Waals surface area contributed by atoms with Crippen LogP contribution in [0, 0.1) is 4.77 Å². The zero-order valence-corrected chi connectivity index (χ0v) is 34.4. The smallest absolute Gasteiger partial charge is 0.363 e. The number of nitrogen functional groups attached to an aromatic ring is 1. The molecule has 13 nitrogen and oxygen atoms in total. The first-order chi connectivity index (χ1) is 27.4. The van der Waals surface area contributed by atoms with Gasteiger partial charge >= 0.3 is 7.60 Å². The van der Waals surface area contributed by atoms with E-state index in [1.807, 2.05) is 54.6 Å². The quantitative estimate of drug-likeness (QED) is 0.0496. The molecule has 0 aliphatic carbocycles. The van der Waals surface area contributed by atoms with E-state index < -0.39 is 43.6 Å². The molecule has 1 fully saturated rings. The maximum absolute atomic E-state index is 13.5. The second kappa shape index (κ2) is 19.2.